The molecule has 1 heterocycles. The van der Waals surface area contributed by atoms with Crippen molar-refractivity contribution in [1.82, 2.24) is 0 Å². The van der Waals surface area contributed by atoms with Crippen molar-refractivity contribution in [3.05, 3.63) is 35.0 Å². The fraction of sp³-hybridized carbons (Fsp3) is 0.417. The van der Waals surface area contributed by atoms with Gasteiger partial charge in [-0.2, -0.15) is 4.74 Å². The molecular formula is C12H15NO3. The first-order valence-corrected chi connectivity index (χ1v) is 5.19. The monoisotopic (exact) mass is 221 g/mol. The van der Waals surface area contributed by atoms with Gasteiger partial charge in [-0.15, -0.1) is 0 Å². The normalized spacial score (nSPS) is 23.8. The Kier molecular flexibility index (Phi) is 2.39. The number of hydrogen-bond donors (Lipinski definition) is 1. The second kappa shape index (κ2) is 3.49. The number of phenols is 1. The zero-order chi connectivity index (χ0) is 11.9. The van der Waals surface area contributed by atoms with Crippen LogP contribution in [0.1, 0.15) is 32.6 Å². The molecule has 2 rings (SSSR count). The fourth-order valence-electron chi connectivity index (χ4n) is 1.74. The van der Waals surface area contributed by atoms with E-state index in [-0.39, 0.29) is 5.75 Å². The lowest BCUT2D eigenvalue weighted by atomic mass is 10.1. The number of phenolic OH excluding ortho intramolecular Hbond substituents is 1. The number of aromatic hydroxyl groups is 1. The summed E-state index contributed by atoms with van der Waals surface area (Å²) >= 11 is 0. The first-order valence-electron chi connectivity index (χ1n) is 5.19. The summed E-state index contributed by atoms with van der Waals surface area (Å²) in [4.78, 5) is 0. The van der Waals surface area contributed by atoms with Gasteiger partial charge in [0.1, 0.15) is 11.4 Å². The van der Waals surface area contributed by atoms with Crippen LogP contribution in [0.2, 0.25) is 0 Å². The van der Waals surface area contributed by atoms with Crippen LogP contribution in [0.3, 0.4) is 0 Å². The average molecular weight is 221 g/mol. The van der Waals surface area contributed by atoms with Gasteiger partial charge in [-0.1, -0.05) is 12.1 Å². The zero-order valence-corrected chi connectivity index (χ0v) is 9.60. The van der Waals surface area contributed by atoms with Gasteiger partial charge in [0, 0.05) is 6.92 Å². The second-order valence-corrected chi connectivity index (χ2v) is 4.45. The third kappa shape index (κ3) is 1.55. The first-order chi connectivity index (χ1) is 7.43. The van der Waals surface area contributed by atoms with E-state index in [1.165, 1.54) is 0 Å². The van der Waals surface area contributed by atoms with E-state index in [4.69, 9.17) is 4.74 Å². The number of benzene rings is 1. The molecule has 1 aliphatic heterocycles. The van der Waals surface area contributed by atoms with E-state index in [2.05, 4.69) is 0 Å². The Morgan fingerprint density at radius 1 is 1.38 bits per heavy atom. The number of para-hydroxylation sites is 1. The van der Waals surface area contributed by atoms with Gasteiger partial charge < -0.3 is 10.3 Å². The molecule has 0 saturated heterocycles. The Bertz CT molecular complexity index is 451. The summed E-state index contributed by atoms with van der Waals surface area (Å²) in [5.74, 6) is 0.0823. The highest BCUT2D eigenvalue weighted by Crippen LogP contribution is 2.35. The van der Waals surface area contributed by atoms with Crippen molar-refractivity contribution in [3.63, 3.8) is 0 Å². The predicted molar refractivity (Wildman–Crippen MR) is 60.3 cm³/mol. The van der Waals surface area contributed by atoms with E-state index in [0.29, 0.717) is 11.3 Å². The van der Waals surface area contributed by atoms with Gasteiger partial charge in [-0.3, -0.25) is 4.74 Å². The summed E-state index contributed by atoms with van der Waals surface area (Å²) in [6.07, 6.45) is -0.754. The van der Waals surface area contributed by atoms with E-state index in [0.717, 1.165) is 4.74 Å². The molecule has 1 aromatic rings. The molecule has 0 fully saturated rings. The van der Waals surface area contributed by atoms with Gasteiger partial charge in [0.25, 0.3) is 6.23 Å². The minimum absolute atomic E-state index is 0.0823. The molecule has 16 heavy (non-hydrogen) atoms. The number of nitrogens with zero attached hydrogens (tertiary/aromatic N) is 1. The third-order valence-corrected chi connectivity index (χ3v) is 3.02. The van der Waals surface area contributed by atoms with Crippen LogP contribution in [0.15, 0.2) is 24.3 Å². The first kappa shape index (κ1) is 11.0. The summed E-state index contributed by atoms with van der Waals surface area (Å²) < 4.78 is 6.47. The molecule has 0 bridgehead atoms. The molecule has 1 atom stereocenters. The Morgan fingerprint density at radius 2 is 2.00 bits per heavy atom. The molecule has 0 amide bonds. The third-order valence-electron chi connectivity index (χ3n) is 3.02. The lowest BCUT2D eigenvalue weighted by Crippen LogP contribution is -2.28. The Balaban J connectivity index is 2.44. The summed E-state index contributed by atoms with van der Waals surface area (Å²) in [5, 5.41) is 21.6. The largest absolute Gasteiger partial charge is 0.622 e. The van der Waals surface area contributed by atoms with Gasteiger partial charge in [0.2, 0.25) is 0 Å². The van der Waals surface area contributed by atoms with Crippen LogP contribution in [0.25, 0.3) is 0 Å². The Hall–Kier alpha value is -1.55. The van der Waals surface area contributed by atoms with Gasteiger partial charge in [-0.05, 0) is 26.0 Å². The highest BCUT2D eigenvalue weighted by atomic mass is 16.6. The molecule has 1 unspecified atom stereocenters. The standard InChI is InChI=1S/C12H15NO3/c1-8-12(2,3)16-11(13(8)15)9-6-4-5-7-10(9)14/h4-7,11,14H,1-3H3. The SMILES string of the molecule is CC1=[N+]([O-])C(c2ccccc2O)OC1(C)C. The van der Waals surface area contributed by atoms with Crippen molar-refractivity contribution in [2.75, 3.05) is 0 Å². The number of hydroxylamine groups is 1. The minimum Gasteiger partial charge on any atom is -0.622 e. The van der Waals surface area contributed by atoms with E-state index < -0.39 is 11.8 Å². The average Bonchev–Trinajstić information content (AvgIpc) is 2.43. The van der Waals surface area contributed by atoms with Crippen LogP contribution >= 0.6 is 0 Å². The fourth-order valence-corrected chi connectivity index (χ4v) is 1.74. The Morgan fingerprint density at radius 3 is 2.50 bits per heavy atom. The van der Waals surface area contributed by atoms with Crippen LogP contribution < -0.4 is 0 Å². The molecule has 4 heteroatoms. The maximum atomic E-state index is 11.9. The minimum atomic E-state index is -0.754. The maximum Gasteiger partial charge on any atom is 0.299 e. The maximum absolute atomic E-state index is 11.9. The number of ether oxygens (including phenoxy) is 1. The molecule has 0 aromatic heterocycles. The van der Waals surface area contributed by atoms with Crippen molar-refractivity contribution in [2.45, 2.75) is 32.6 Å². The zero-order valence-electron chi connectivity index (χ0n) is 9.60. The van der Waals surface area contributed by atoms with Crippen molar-refractivity contribution < 1.29 is 14.6 Å². The molecule has 0 saturated carbocycles. The summed E-state index contributed by atoms with van der Waals surface area (Å²) in [6.45, 7) is 5.42. The van der Waals surface area contributed by atoms with Crippen LogP contribution in [0, 0.1) is 5.21 Å². The molecule has 86 valence electrons. The van der Waals surface area contributed by atoms with Crippen LogP contribution in [0.5, 0.6) is 5.75 Å². The molecule has 0 spiro atoms. The van der Waals surface area contributed by atoms with Gasteiger partial charge in [0.05, 0.1) is 5.56 Å². The van der Waals surface area contributed by atoms with Crippen LogP contribution in [0.4, 0.5) is 0 Å². The number of hydrogen-bond acceptors (Lipinski definition) is 3. The second-order valence-electron chi connectivity index (χ2n) is 4.45. The van der Waals surface area contributed by atoms with E-state index in [9.17, 15) is 10.3 Å². The van der Waals surface area contributed by atoms with Crippen molar-refractivity contribution >= 4 is 5.71 Å². The molecule has 4 nitrogen and oxygen atoms in total. The van der Waals surface area contributed by atoms with Crippen LogP contribution in [-0.2, 0) is 4.74 Å². The molecular weight excluding hydrogens is 206 g/mol. The van der Waals surface area contributed by atoms with Crippen molar-refractivity contribution in [1.29, 1.82) is 0 Å². The molecule has 1 aliphatic rings. The Labute approximate surface area is 94.4 Å². The van der Waals surface area contributed by atoms with Gasteiger partial charge in [-0.25, -0.2) is 0 Å². The molecule has 1 aromatic carbocycles. The quantitative estimate of drug-likeness (QED) is 0.584. The van der Waals surface area contributed by atoms with Crippen molar-refractivity contribution in [3.8, 4) is 5.75 Å². The predicted octanol–water partition coefficient (Wildman–Crippen LogP) is 2.17. The van der Waals surface area contributed by atoms with Gasteiger partial charge >= 0.3 is 0 Å². The lowest BCUT2D eigenvalue weighted by molar-refractivity contribution is -0.547. The highest BCUT2D eigenvalue weighted by Gasteiger charge is 2.44. The van der Waals surface area contributed by atoms with E-state index in [1.54, 1.807) is 31.2 Å². The smallest absolute Gasteiger partial charge is 0.299 e. The van der Waals surface area contributed by atoms with Crippen molar-refractivity contribution in [2.24, 2.45) is 0 Å². The molecule has 0 radical (unpaired) electrons. The summed E-state index contributed by atoms with van der Waals surface area (Å²) in [5.41, 5.74) is 0.525. The molecule has 0 aliphatic carbocycles. The molecule has 1 N–H and O–H groups in total. The van der Waals surface area contributed by atoms with Gasteiger partial charge in [0.15, 0.2) is 5.71 Å². The van der Waals surface area contributed by atoms with E-state index in [1.807, 2.05) is 13.8 Å². The summed E-state index contributed by atoms with van der Waals surface area (Å²) in [6, 6.07) is 6.73. The number of rotatable bonds is 1. The lowest BCUT2D eigenvalue weighted by Gasteiger charge is -2.15. The van der Waals surface area contributed by atoms with E-state index >= 15 is 0 Å². The van der Waals surface area contributed by atoms with Crippen LogP contribution in [-0.4, -0.2) is 21.2 Å². The topological polar surface area (TPSA) is 55.5 Å². The summed E-state index contributed by atoms with van der Waals surface area (Å²) in [7, 11) is 0. The highest BCUT2D eigenvalue weighted by molar-refractivity contribution is 5.86.